The first-order valence-corrected chi connectivity index (χ1v) is 9.14. The van der Waals surface area contributed by atoms with Crippen LogP contribution in [0.4, 0.5) is 0 Å². The van der Waals surface area contributed by atoms with Gasteiger partial charge in [-0.05, 0) is 31.5 Å². The Labute approximate surface area is 158 Å². The van der Waals surface area contributed by atoms with Crippen molar-refractivity contribution in [2.24, 2.45) is 0 Å². The summed E-state index contributed by atoms with van der Waals surface area (Å²) in [4.78, 5) is 2.54. The Balaban J connectivity index is 0.00000168. The second kappa shape index (κ2) is 7.34. The van der Waals surface area contributed by atoms with Crippen LogP contribution in [0.15, 0.2) is 24.4 Å². The maximum atomic E-state index is 4.51. The Morgan fingerprint density at radius 2 is 2.00 bits per heavy atom. The zero-order valence-electron chi connectivity index (χ0n) is 14.7. The van der Waals surface area contributed by atoms with Crippen LogP contribution in [0, 0.1) is 0 Å². The molecule has 0 saturated carbocycles. The minimum absolute atomic E-state index is 0. The van der Waals surface area contributed by atoms with Gasteiger partial charge in [0.05, 0.1) is 18.3 Å². The van der Waals surface area contributed by atoms with E-state index in [1.165, 1.54) is 22.3 Å². The number of nitrogens with zero attached hydrogens (tertiary/aromatic N) is 5. The van der Waals surface area contributed by atoms with E-state index in [9.17, 15) is 0 Å². The van der Waals surface area contributed by atoms with Crippen LogP contribution in [0.1, 0.15) is 36.0 Å². The van der Waals surface area contributed by atoms with E-state index in [0.29, 0.717) is 5.92 Å². The van der Waals surface area contributed by atoms with Gasteiger partial charge >= 0.3 is 0 Å². The number of halogens is 1. The summed E-state index contributed by atoms with van der Waals surface area (Å²) in [5, 5.41) is 20.7. The number of likely N-dealkylation sites (tertiary alicyclic amines) is 1. The molecule has 2 N–H and O–H groups in total. The highest BCUT2D eigenvalue weighted by Crippen LogP contribution is 2.29. The zero-order valence-corrected chi connectivity index (χ0v) is 15.5. The molecule has 8 heteroatoms. The van der Waals surface area contributed by atoms with Crippen LogP contribution in [-0.2, 0) is 19.6 Å². The van der Waals surface area contributed by atoms with Crippen LogP contribution in [-0.4, -0.2) is 49.5 Å². The van der Waals surface area contributed by atoms with Crippen molar-refractivity contribution in [1.29, 1.82) is 0 Å². The molecular weight excluding hydrogens is 350 g/mol. The van der Waals surface area contributed by atoms with E-state index in [0.717, 1.165) is 57.9 Å². The van der Waals surface area contributed by atoms with Gasteiger partial charge in [0.1, 0.15) is 11.6 Å². The highest BCUT2D eigenvalue weighted by molar-refractivity contribution is 5.85. The molecule has 4 heterocycles. The number of nitrogens with one attached hydrogen (secondary N) is 2. The van der Waals surface area contributed by atoms with Crippen molar-refractivity contribution in [3.63, 3.8) is 0 Å². The first-order chi connectivity index (χ1) is 12.4. The first-order valence-electron chi connectivity index (χ1n) is 9.14. The lowest BCUT2D eigenvalue weighted by molar-refractivity contribution is 0.200. The van der Waals surface area contributed by atoms with Gasteiger partial charge in [-0.25, -0.2) is 0 Å². The number of para-hydroxylation sites is 1. The summed E-state index contributed by atoms with van der Waals surface area (Å²) >= 11 is 0. The van der Waals surface area contributed by atoms with E-state index in [1.54, 1.807) is 0 Å². The highest BCUT2D eigenvalue weighted by atomic mass is 35.5. The summed E-state index contributed by atoms with van der Waals surface area (Å²) in [5.41, 5.74) is 2.50. The minimum Gasteiger partial charge on any atom is -0.312 e. The predicted octanol–water partition coefficient (Wildman–Crippen LogP) is 2.06. The lowest BCUT2D eigenvalue weighted by Crippen LogP contribution is -2.34. The molecule has 0 amide bonds. The molecule has 0 bridgehead atoms. The number of hydrogen-bond donors (Lipinski definition) is 2. The summed E-state index contributed by atoms with van der Waals surface area (Å²) < 4.78 is 2.34. The third-order valence-electron chi connectivity index (χ3n) is 5.56. The largest absolute Gasteiger partial charge is 0.312 e. The molecule has 138 valence electrons. The van der Waals surface area contributed by atoms with E-state index in [-0.39, 0.29) is 12.4 Å². The van der Waals surface area contributed by atoms with Crippen LogP contribution in [0.5, 0.6) is 0 Å². The number of aromatic amines is 1. The van der Waals surface area contributed by atoms with Crippen LogP contribution in [0.2, 0.25) is 0 Å². The molecule has 0 aliphatic carbocycles. The minimum atomic E-state index is 0. The van der Waals surface area contributed by atoms with Gasteiger partial charge in [-0.2, -0.15) is 5.10 Å². The molecule has 2 aliphatic heterocycles. The Hall–Kier alpha value is -1.96. The average Bonchev–Trinajstić information content (AvgIpc) is 3.30. The SMILES string of the molecule is Cl.c1cc(CN2CCC(c3nnc4n3CCNC4)CC2)c2[nH]ncc2c1. The van der Waals surface area contributed by atoms with Gasteiger partial charge in [0.2, 0.25) is 0 Å². The Kier molecular flexibility index (Phi) is 4.93. The quantitative estimate of drug-likeness (QED) is 0.735. The molecule has 2 aromatic heterocycles. The Morgan fingerprint density at radius 3 is 2.88 bits per heavy atom. The predicted molar refractivity (Wildman–Crippen MR) is 102 cm³/mol. The smallest absolute Gasteiger partial charge is 0.147 e. The number of hydrogen-bond acceptors (Lipinski definition) is 5. The van der Waals surface area contributed by atoms with Crippen molar-refractivity contribution < 1.29 is 0 Å². The maximum absolute atomic E-state index is 4.51. The molecule has 1 aromatic carbocycles. The molecule has 0 atom stereocenters. The molecular formula is C18H24ClN7. The number of fused-ring (bicyclic) bond motifs is 2. The van der Waals surface area contributed by atoms with E-state index in [2.05, 4.69) is 53.4 Å². The van der Waals surface area contributed by atoms with Gasteiger partial charge in [-0.15, -0.1) is 22.6 Å². The number of benzene rings is 1. The molecule has 5 rings (SSSR count). The number of piperidine rings is 1. The average molecular weight is 374 g/mol. The van der Waals surface area contributed by atoms with Gasteiger partial charge in [0.25, 0.3) is 0 Å². The second-order valence-electron chi connectivity index (χ2n) is 7.10. The van der Waals surface area contributed by atoms with Gasteiger partial charge in [-0.3, -0.25) is 10.00 Å². The van der Waals surface area contributed by atoms with E-state index in [4.69, 9.17) is 0 Å². The van der Waals surface area contributed by atoms with Crippen LogP contribution in [0.3, 0.4) is 0 Å². The molecule has 2 aliphatic rings. The number of rotatable bonds is 3. The van der Waals surface area contributed by atoms with Gasteiger partial charge in [-0.1, -0.05) is 18.2 Å². The topological polar surface area (TPSA) is 74.7 Å². The molecule has 0 unspecified atom stereocenters. The van der Waals surface area contributed by atoms with Crippen molar-refractivity contribution in [3.8, 4) is 0 Å². The maximum Gasteiger partial charge on any atom is 0.147 e. The van der Waals surface area contributed by atoms with Gasteiger partial charge in [0.15, 0.2) is 0 Å². The van der Waals surface area contributed by atoms with Crippen molar-refractivity contribution in [2.45, 2.75) is 38.4 Å². The zero-order chi connectivity index (χ0) is 16.6. The fourth-order valence-electron chi connectivity index (χ4n) is 4.17. The van der Waals surface area contributed by atoms with E-state index in [1.807, 2.05) is 6.20 Å². The third-order valence-corrected chi connectivity index (χ3v) is 5.56. The summed E-state index contributed by atoms with van der Waals surface area (Å²) in [6, 6.07) is 6.43. The normalized spacial score (nSPS) is 18.6. The van der Waals surface area contributed by atoms with Gasteiger partial charge in [0, 0.05) is 30.9 Å². The second-order valence-corrected chi connectivity index (χ2v) is 7.10. The fourth-order valence-corrected chi connectivity index (χ4v) is 4.17. The number of H-pyrrole nitrogens is 1. The summed E-state index contributed by atoms with van der Waals surface area (Å²) in [7, 11) is 0. The first kappa shape index (κ1) is 17.5. The van der Waals surface area contributed by atoms with Crippen LogP contribution < -0.4 is 5.32 Å². The molecule has 1 fully saturated rings. The summed E-state index contributed by atoms with van der Waals surface area (Å²) in [5.74, 6) is 2.83. The van der Waals surface area contributed by atoms with Crippen molar-refractivity contribution in [3.05, 3.63) is 41.6 Å². The molecule has 0 spiro atoms. The standard InChI is InChI=1S/C18H23N7.ClH/c1-2-14-10-20-22-17(14)15(3-1)12-24-7-4-13(5-8-24)18-23-21-16-11-19-6-9-25(16)18;/h1-3,10,13,19H,4-9,11-12H2,(H,20,22);1H. The van der Waals surface area contributed by atoms with E-state index >= 15 is 0 Å². The molecule has 3 aromatic rings. The summed E-state index contributed by atoms with van der Waals surface area (Å²) in [6.07, 6.45) is 4.21. The Morgan fingerprint density at radius 1 is 1.12 bits per heavy atom. The third kappa shape index (κ3) is 3.11. The van der Waals surface area contributed by atoms with Gasteiger partial charge < -0.3 is 9.88 Å². The fraction of sp³-hybridized carbons (Fsp3) is 0.500. The molecule has 26 heavy (non-hydrogen) atoms. The van der Waals surface area contributed by atoms with Crippen molar-refractivity contribution >= 4 is 23.3 Å². The lowest BCUT2D eigenvalue weighted by atomic mass is 9.95. The lowest BCUT2D eigenvalue weighted by Gasteiger charge is -2.32. The number of aromatic nitrogens is 5. The molecule has 0 radical (unpaired) electrons. The highest BCUT2D eigenvalue weighted by Gasteiger charge is 2.27. The van der Waals surface area contributed by atoms with E-state index < -0.39 is 0 Å². The Bertz CT molecular complexity index is 879. The molecule has 7 nitrogen and oxygen atoms in total. The van der Waals surface area contributed by atoms with Crippen molar-refractivity contribution in [1.82, 2.24) is 35.2 Å². The van der Waals surface area contributed by atoms with Crippen LogP contribution in [0.25, 0.3) is 10.9 Å². The van der Waals surface area contributed by atoms with Crippen LogP contribution >= 0.6 is 12.4 Å². The molecule has 1 saturated heterocycles. The van der Waals surface area contributed by atoms with Crippen molar-refractivity contribution in [2.75, 3.05) is 19.6 Å². The summed E-state index contributed by atoms with van der Waals surface area (Å²) in [6.45, 7) is 6.06. The monoisotopic (exact) mass is 373 g/mol.